The van der Waals surface area contributed by atoms with Crippen molar-refractivity contribution in [1.82, 2.24) is 0 Å². The lowest BCUT2D eigenvalue weighted by atomic mass is 10.2. The average molecular weight is 235 g/mol. The molecule has 84 valence electrons. The van der Waals surface area contributed by atoms with E-state index in [0.717, 1.165) is 5.56 Å². The van der Waals surface area contributed by atoms with Gasteiger partial charge in [-0.3, -0.25) is 9.59 Å². The Morgan fingerprint density at radius 3 is 2.81 bits per heavy atom. The molecule has 4 heteroatoms. The maximum Gasteiger partial charge on any atom is 0.246 e. The van der Waals surface area contributed by atoms with E-state index < -0.39 is 0 Å². The number of nitrogens with zero attached hydrogens (tertiary/aromatic N) is 1. The summed E-state index contributed by atoms with van der Waals surface area (Å²) < 4.78 is 0. The van der Waals surface area contributed by atoms with Gasteiger partial charge in [-0.15, -0.1) is 11.8 Å². The number of aryl methyl sites for hydroxylation is 1. The van der Waals surface area contributed by atoms with Crippen LogP contribution >= 0.6 is 11.8 Å². The molecule has 0 aliphatic carbocycles. The molecule has 1 aliphatic rings. The quantitative estimate of drug-likeness (QED) is 0.699. The first kappa shape index (κ1) is 11.2. The molecule has 2 rings (SSSR count). The molecule has 0 aromatic heterocycles. The van der Waals surface area contributed by atoms with E-state index in [0.29, 0.717) is 11.4 Å². The van der Waals surface area contributed by atoms with E-state index in [4.69, 9.17) is 0 Å². The van der Waals surface area contributed by atoms with Crippen molar-refractivity contribution in [2.24, 2.45) is 0 Å². The van der Waals surface area contributed by atoms with Crippen molar-refractivity contribution in [2.45, 2.75) is 19.1 Å². The third kappa shape index (κ3) is 1.97. The fourth-order valence-electron chi connectivity index (χ4n) is 1.68. The van der Waals surface area contributed by atoms with Crippen LogP contribution in [-0.4, -0.2) is 22.8 Å². The maximum absolute atomic E-state index is 11.9. The Morgan fingerprint density at radius 1 is 1.38 bits per heavy atom. The molecule has 16 heavy (non-hydrogen) atoms. The van der Waals surface area contributed by atoms with E-state index in [9.17, 15) is 9.59 Å². The number of carbonyl (C=O) groups excluding carboxylic acids is 2. The largest absolute Gasteiger partial charge is 0.273 e. The molecular formula is C12H13NO2S. The first-order valence-electron chi connectivity index (χ1n) is 5.14. The number of amides is 2. The molecule has 3 nitrogen and oxygen atoms in total. The molecule has 0 bridgehead atoms. The Morgan fingerprint density at radius 2 is 2.12 bits per heavy atom. The first-order valence-corrected chi connectivity index (χ1v) is 6.19. The SMILES string of the molecule is Cc1cccc(N2C(=O)CS[C@@H](C)C2=O)c1. The second-order valence-electron chi connectivity index (χ2n) is 3.86. The van der Waals surface area contributed by atoms with Crippen LogP contribution < -0.4 is 4.90 Å². The predicted octanol–water partition coefficient (Wildman–Crippen LogP) is 1.99. The molecule has 1 aromatic carbocycles. The van der Waals surface area contributed by atoms with Crippen LogP contribution in [0.5, 0.6) is 0 Å². The van der Waals surface area contributed by atoms with Gasteiger partial charge in [-0.05, 0) is 31.5 Å². The summed E-state index contributed by atoms with van der Waals surface area (Å²) in [6.07, 6.45) is 0. The van der Waals surface area contributed by atoms with E-state index in [1.54, 1.807) is 6.07 Å². The summed E-state index contributed by atoms with van der Waals surface area (Å²) in [7, 11) is 0. The molecule has 1 fully saturated rings. The molecular weight excluding hydrogens is 222 g/mol. The van der Waals surface area contributed by atoms with Gasteiger partial charge in [-0.2, -0.15) is 0 Å². The minimum absolute atomic E-state index is 0.119. The zero-order valence-corrected chi connectivity index (χ0v) is 10.1. The molecule has 0 spiro atoms. The van der Waals surface area contributed by atoms with Crippen LogP contribution in [0.3, 0.4) is 0 Å². The standard InChI is InChI=1S/C12H13NO2S/c1-8-4-3-5-10(6-8)13-11(14)7-16-9(2)12(13)15/h3-6,9H,7H2,1-2H3/t9-/m0/s1. The number of rotatable bonds is 1. The zero-order valence-electron chi connectivity index (χ0n) is 9.27. The highest BCUT2D eigenvalue weighted by molar-refractivity contribution is 8.01. The lowest BCUT2D eigenvalue weighted by Gasteiger charge is -2.28. The molecule has 1 aliphatic heterocycles. The number of imide groups is 1. The smallest absolute Gasteiger partial charge is 0.246 e. The van der Waals surface area contributed by atoms with E-state index in [2.05, 4.69) is 0 Å². The van der Waals surface area contributed by atoms with Crippen molar-refractivity contribution in [3.05, 3.63) is 29.8 Å². The van der Waals surface area contributed by atoms with Crippen molar-refractivity contribution < 1.29 is 9.59 Å². The Bertz CT molecular complexity index is 444. The van der Waals surface area contributed by atoms with Gasteiger partial charge in [-0.25, -0.2) is 4.90 Å². The highest BCUT2D eigenvalue weighted by Crippen LogP contribution is 2.26. The van der Waals surface area contributed by atoms with Gasteiger partial charge in [-0.1, -0.05) is 12.1 Å². The topological polar surface area (TPSA) is 37.4 Å². The van der Waals surface area contributed by atoms with E-state index in [-0.39, 0.29) is 17.1 Å². The minimum Gasteiger partial charge on any atom is -0.273 e. The highest BCUT2D eigenvalue weighted by atomic mass is 32.2. The second kappa shape index (κ2) is 4.29. The lowest BCUT2D eigenvalue weighted by Crippen LogP contribution is -2.46. The van der Waals surface area contributed by atoms with Crippen LogP contribution in [0, 0.1) is 6.92 Å². The van der Waals surface area contributed by atoms with Crippen LogP contribution in [0.4, 0.5) is 5.69 Å². The molecule has 1 atom stereocenters. The fraction of sp³-hybridized carbons (Fsp3) is 0.333. The zero-order chi connectivity index (χ0) is 11.7. The molecule has 0 radical (unpaired) electrons. The van der Waals surface area contributed by atoms with Crippen molar-refractivity contribution in [2.75, 3.05) is 10.7 Å². The van der Waals surface area contributed by atoms with Gasteiger partial charge < -0.3 is 0 Å². The van der Waals surface area contributed by atoms with E-state index in [1.165, 1.54) is 16.7 Å². The molecule has 1 saturated heterocycles. The van der Waals surface area contributed by atoms with Crippen molar-refractivity contribution >= 4 is 29.3 Å². The van der Waals surface area contributed by atoms with Crippen LogP contribution in [0.2, 0.25) is 0 Å². The summed E-state index contributed by atoms with van der Waals surface area (Å²) in [4.78, 5) is 25.0. The number of hydrogen-bond donors (Lipinski definition) is 0. The molecule has 0 saturated carbocycles. The summed E-state index contributed by atoms with van der Waals surface area (Å²) in [5, 5.41) is -0.141. The Balaban J connectivity index is 2.37. The monoisotopic (exact) mass is 235 g/mol. The van der Waals surface area contributed by atoms with Gasteiger partial charge in [0.25, 0.3) is 0 Å². The van der Waals surface area contributed by atoms with Crippen LogP contribution in [0.15, 0.2) is 24.3 Å². The van der Waals surface area contributed by atoms with Crippen molar-refractivity contribution in [1.29, 1.82) is 0 Å². The highest BCUT2D eigenvalue weighted by Gasteiger charge is 2.33. The third-order valence-corrected chi connectivity index (χ3v) is 3.65. The predicted molar refractivity (Wildman–Crippen MR) is 65.6 cm³/mol. The van der Waals surface area contributed by atoms with E-state index in [1.807, 2.05) is 32.0 Å². The minimum atomic E-state index is -0.141. The molecule has 0 unspecified atom stereocenters. The second-order valence-corrected chi connectivity index (χ2v) is 5.19. The van der Waals surface area contributed by atoms with Crippen LogP contribution in [-0.2, 0) is 9.59 Å². The van der Waals surface area contributed by atoms with Crippen LogP contribution in [0.25, 0.3) is 0 Å². The number of benzene rings is 1. The lowest BCUT2D eigenvalue weighted by molar-refractivity contribution is -0.125. The number of anilines is 1. The Labute approximate surface area is 98.8 Å². The maximum atomic E-state index is 11.9. The van der Waals surface area contributed by atoms with Gasteiger partial charge in [0.15, 0.2) is 0 Å². The average Bonchev–Trinajstić information content (AvgIpc) is 2.24. The summed E-state index contributed by atoms with van der Waals surface area (Å²) in [5.74, 6) is 0.131. The summed E-state index contributed by atoms with van der Waals surface area (Å²) >= 11 is 1.40. The molecule has 2 amide bonds. The molecule has 1 heterocycles. The van der Waals surface area contributed by atoms with Gasteiger partial charge in [0.2, 0.25) is 11.8 Å². The number of hydrogen-bond acceptors (Lipinski definition) is 3. The van der Waals surface area contributed by atoms with Crippen LogP contribution in [0.1, 0.15) is 12.5 Å². The number of carbonyl (C=O) groups is 2. The first-order chi connectivity index (χ1) is 7.59. The third-order valence-electron chi connectivity index (χ3n) is 2.53. The van der Waals surface area contributed by atoms with Gasteiger partial charge in [0, 0.05) is 0 Å². The molecule has 0 N–H and O–H groups in total. The van der Waals surface area contributed by atoms with E-state index >= 15 is 0 Å². The van der Waals surface area contributed by atoms with Crippen molar-refractivity contribution in [3.8, 4) is 0 Å². The van der Waals surface area contributed by atoms with Gasteiger partial charge in [0.1, 0.15) is 0 Å². The van der Waals surface area contributed by atoms with Gasteiger partial charge in [0.05, 0.1) is 16.7 Å². The Kier molecular flexibility index (Phi) is 3.01. The normalized spacial score (nSPS) is 21.4. The number of thioether (sulfide) groups is 1. The summed E-state index contributed by atoms with van der Waals surface area (Å²) in [6, 6.07) is 7.46. The summed E-state index contributed by atoms with van der Waals surface area (Å²) in [5.41, 5.74) is 1.73. The van der Waals surface area contributed by atoms with Crippen molar-refractivity contribution in [3.63, 3.8) is 0 Å². The fourth-order valence-corrected chi connectivity index (χ4v) is 2.44. The Hall–Kier alpha value is -1.29. The molecule has 1 aromatic rings. The van der Waals surface area contributed by atoms with Gasteiger partial charge >= 0.3 is 0 Å². The summed E-state index contributed by atoms with van der Waals surface area (Å²) in [6.45, 7) is 3.78.